The van der Waals surface area contributed by atoms with E-state index >= 15 is 0 Å². The smallest absolute Gasteiger partial charge is 0.135 e. The van der Waals surface area contributed by atoms with Gasteiger partial charge in [-0.3, -0.25) is 9.97 Å². The van der Waals surface area contributed by atoms with Crippen LogP contribution in [0.3, 0.4) is 0 Å². The van der Waals surface area contributed by atoms with Crippen LogP contribution in [0.1, 0.15) is 0 Å². The highest BCUT2D eigenvalue weighted by Crippen LogP contribution is 2.58. The molecule has 344 valence electrons. The molecule has 0 saturated heterocycles. The van der Waals surface area contributed by atoms with Crippen molar-refractivity contribution in [3.63, 3.8) is 0 Å². The number of nitrogens with zero attached hydrogens (tertiary/aromatic N) is 3. The van der Waals surface area contributed by atoms with Crippen LogP contribution >= 0.6 is 0 Å². The summed E-state index contributed by atoms with van der Waals surface area (Å²) in [6, 6.07) is 73.6. The summed E-state index contributed by atoms with van der Waals surface area (Å²) < 4.78 is 13.1. The van der Waals surface area contributed by atoms with Crippen molar-refractivity contribution in [2.24, 2.45) is 0 Å². The van der Waals surface area contributed by atoms with E-state index in [1.54, 1.807) is 0 Å². The molecule has 0 amide bonds. The lowest BCUT2D eigenvalue weighted by molar-refractivity contribution is 0.668. The Morgan fingerprint density at radius 2 is 0.707 bits per heavy atom. The van der Waals surface area contributed by atoms with Gasteiger partial charge in [0.2, 0.25) is 0 Å². The maximum atomic E-state index is 6.54. The van der Waals surface area contributed by atoms with Crippen LogP contribution in [-0.2, 0) is 0 Å². The van der Waals surface area contributed by atoms with Crippen LogP contribution in [0.25, 0.3) is 163 Å². The van der Waals surface area contributed by atoms with Crippen LogP contribution in [-0.4, -0.2) is 9.97 Å². The number of furan rings is 2. The molecule has 18 aromatic rings. The summed E-state index contributed by atoms with van der Waals surface area (Å²) in [6.07, 6.45) is 7.53. The van der Waals surface area contributed by atoms with Crippen LogP contribution < -0.4 is 4.90 Å². The zero-order valence-corrected chi connectivity index (χ0v) is 40.0. The lowest BCUT2D eigenvalue weighted by Crippen LogP contribution is -2.10. The summed E-state index contributed by atoms with van der Waals surface area (Å²) in [6.45, 7) is 0. The van der Waals surface area contributed by atoms with Gasteiger partial charge in [0.25, 0.3) is 0 Å². The van der Waals surface area contributed by atoms with Gasteiger partial charge in [0.15, 0.2) is 0 Å². The summed E-state index contributed by atoms with van der Waals surface area (Å²) in [5.41, 5.74) is 11.2. The van der Waals surface area contributed by atoms with Crippen molar-refractivity contribution < 1.29 is 8.83 Å². The average molecular weight is 952 g/mol. The van der Waals surface area contributed by atoms with Crippen molar-refractivity contribution in [1.29, 1.82) is 0 Å². The molecule has 4 heterocycles. The zero-order chi connectivity index (χ0) is 48.6. The maximum absolute atomic E-state index is 6.54. The molecule has 0 aliphatic carbocycles. The summed E-state index contributed by atoms with van der Waals surface area (Å²) in [7, 11) is 0. The van der Waals surface area contributed by atoms with Crippen LogP contribution in [0.15, 0.2) is 234 Å². The molecular formula is C70H37N3O2. The summed E-state index contributed by atoms with van der Waals surface area (Å²) in [4.78, 5) is 11.5. The van der Waals surface area contributed by atoms with E-state index < -0.39 is 0 Å². The molecule has 5 nitrogen and oxygen atoms in total. The van der Waals surface area contributed by atoms with E-state index in [0.717, 1.165) is 77.5 Å². The highest BCUT2D eigenvalue weighted by Gasteiger charge is 2.30. The van der Waals surface area contributed by atoms with Gasteiger partial charge in [-0.2, -0.15) is 0 Å². The molecule has 0 bridgehead atoms. The second kappa shape index (κ2) is 14.3. The molecule has 0 saturated carbocycles. The molecule has 0 aliphatic heterocycles. The van der Waals surface area contributed by atoms with Gasteiger partial charge in [-0.1, -0.05) is 133 Å². The van der Waals surface area contributed by atoms with E-state index in [-0.39, 0.29) is 0 Å². The van der Waals surface area contributed by atoms with Gasteiger partial charge in [0.05, 0.1) is 29.5 Å². The number of hydrogen-bond donors (Lipinski definition) is 0. The molecule has 0 radical (unpaired) electrons. The third kappa shape index (κ3) is 5.11. The molecule has 4 aromatic heterocycles. The average Bonchev–Trinajstić information content (AvgIpc) is 4.28. The molecule has 0 spiro atoms. The molecule has 0 unspecified atom stereocenters. The fourth-order valence-electron chi connectivity index (χ4n) is 13.7. The number of hydrogen-bond acceptors (Lipinski definition) is 5. The van der Waals surface area contributed by atoms with E-state index in [4.69, 9.17) is 8.83 Å². The molecule has 75 heavy (non-hydrogen) atoms. The van der Waals surface area contributed by atoms with Gasteiger partial charge in [0, 0.05) is 39.3 Å². The lowest BCUT2D eigenvalue weighted by atomic mass is 9.86. The Kier molecular flexibility index (Phi) is 7.54. The Hall–Kier alpha value is -10.1. The predicted molar refractivity (Wildman–Crippen MR) is 313 cm³/mol. The molecule has 0 atom stereocenters. The first kappa shape index (κ1) is 39.5. The SMILES string of the molecule is c1cncc(N(c2cccnc2)c2ccc3c4c(-c5ccc6oc7ccccc7c6c5)c5c6ccc7c8cccc9cccc(c%10ccc(c5c(-c5ccc%11oc%12ccccc%12c%11c5)c4c4cccc2c43)c6c%107)c98)c1. The third-order valence-electron chi connectivity index (χ3n) is 16.6. The minimum atomic E-state index is 0.876. The van der Waals surface area contributed by atoms with Gasteiger partial charge in [-0.05, 0) is 181 Å². The largest absolute Gasteiger partial charge is 0.456 e. The second-order valence-corrected chi connectivity index (χ2v) is 20.3. The maximum Gasteiger partial charge on any atom is 0.135 e. The quantitative estimate of drug-likeness (QED) is 0.127. The van der Waals surface area contributed by atoms with E-state index in [2.05, 4.69) is 203 Å². The van der Waals surface area contributed by atoms with E-state index in [1.165, 1.54) is 103 Å². The number of pyridine rings is 2. The fourth-order valence-corrected chi connectivity index (χ4v) is 13.7. The van der Waals surface area contributed by atoms with Crippen LogP contribution in [0, 0.1) is 0 Å². The Morgan fingerprint density at radius 3 is 1.27 bits per heavy atom. The molecule has 18 rings (SSSR count). The molecule has 5 heteroatoms. The number of para-hydroxylation sites is 2. The second-order valence-electron chi connectivity index (χ2n) is 20.3. The van der Waals surface area contributed by atoms with Crippen molar-refractivity contribution in [1.82, 2.24) is 9.97 Å². The van der Waals surface area contributed by atoms with Gasteiger partial charge in [-0.25, -0.2) is 0 Å². The first-order valence-corrected chi connectivity index (χ1v) is 25.6. The minimum absolute atomic E-state index is 0.876. The molecule has 0 N–H and O–H groups in total. The zero-order valence-electron chi connectivity index (χ0n) is 40.0. The fraction of sp³-hybridized carbons (Fsp3) is 0. The van der Waals surface area contributed by atoms with Gasteiger partial charge >= 0.3 is 0 Å². The highest BCUT2D eigenvalue weighted by molar-refractivity contribution is 6.50. The summed E-state index contributed by atoms with van der Waals surface area (Å²) in [5, 5.41) is 27.0. The Balaban J connectivity index is 1.08. The first-order chi connectivity index (χ1) is 37.2. The number of aromatic nitrogens is 2. The van der Waals surface area contributed by atoms with Crippen molar-refractivity contribution in [2.75, 3.05) is 4.90 Å². The molecule has 0 fully saturated rings. The third-order valence-corrected chi connectivity index (χ3v) is 16.6. The number of fused-ring (bicyclic) bond motifs is 14. The number of benzene rings is 12. The molecule has 0 aliphatic rings. The predicted octanol–water partition coefficient (Wildman–Crippen LogP) is 19.8. The van der Waals surface area contributed by atoms with Crippen LogP contribution in [0.5, 0.6) is 0 Å². The Morgan fingerprint density at radius 1 is 0.280 bits per heavy atom. The lowest BCUT2D eigenvalue weighted by Gasteiger charge is -2.26. The molecule has 14 aromatic carbocycles. The molecular weight excluding hydrogens is 915 g/mol. The highest BCUT2D eigenvalue weighted by atomic mass is 16.3. The van der Waals surface area contributed by atoms with Crippen molar-refractivity contribution in [3.05, 3.63) is 225 Å². The van der Waals surface area contributed by atoms with Crippen molar-refractivity contribution in [3.8, 4) is 22.3 Å². The Bertz CT molecular complexity index is 5140. The van der Waals surface area contributed by atoms with Crippen LogP contribution in [0.4, 0.5) is 17.1 Å². The Labute approximate surface area is 426 Å². The van der Waals surface area contributed by atoms with Crippen molar-refractivity contribution >= 4 is 158 Å². The summed E-state index contributed by atoms with van der Waals surface area (Å²) in [5.74, 6) is 0. The number of anilines is 3. The summed E-state index contributed by atoms with van der Waals surface area (Å²) >= 11 is 0. The topological polar surface area (TPSA) is 55.3 Å². The first-order valence-electron chi connectivity index (χ1n) is 25.6. The van der Waals surface area contributed by atoms with Gasteiger partial charge in [-0.15, -0.1) is 0 Å². The van der Waals surface area contributed by atoms with Crippen LogP contribution in [0.2, 0.25) is 0 Å². The van der Waals surface area contributed by atoms with E-state index in [1.807, 2.05) is 36.9 Å². The number of rotatable bonds is 5. The van der Waals surface area contributed by atoms with E-state index in [9.17, 15) is 0 Å². The van der Waals surface area contributed by atoms with Crippen molar-refractivity contribution in [2.45, 2.75) is 0 Å². The normalized spacial score (nSPS) is 12.5. The van der Waals surface area contributed by atoms with Gasteiger partial charge < -0.3 is 13.7 Å². The minimum Gasteiger partial charge on any atom is -0.456 e. The standard InChI is InChI=1S/C70H37N3O2/c1-3-20-57-43(14-1)54-34-39(22-30-59(54)74-57)62-67-50-19-7-18-49-56(73(41-12-8-32-71-36-41)42-13-9-33-72-37-42)29-28-51(64(49)50)68(67)63(40-23-31-60-55(35-40)44-15-2-4-21-58(44)75-60)70-53-27-25-48-46-17-6-11-38-10-5-16-45(61(38)46)47-24-26-52(69(62)70)66(53)65(47)48/h1-37H. The monoisotopic (exact) mass is 951 g/mol. The van der Waals surface area contributed by atoms with Gasteiger partial charge in [0.1, 0.15) is 22.3 Å². The van der Waals surface area contributed by atoms with E-state index in [0.29, 0.717) is 0 Å².